The molecule has 1 atom stereocenters. The zero-order valence-corrected chi connectivity index (χ0v) is 13.3. The number of hydrogen-bond acceptors (Lipinski definition) is 4. The molecule has 2 aromatic rings. The predicted octanol–water partition coefficient (Wildman–Crippen LogP) is 2.84. The van der Waals surface area contributed by atoms with Crippen LogP contribution in [0.5, 0.6) is 11.5 Å². The third-order valence-electron chi connectivity index (χ3n) is 3.61. The molecule has 1 unspecified atom stereocenters. The zero-order valence-electron chi connectivity index (χ0n) is 13.3. The molecule has 2 rings (SSSR count). The predicted molar refractivity (Wildman–Crippen MR) is 87.4 cm³/mol. The van der Waals surface area contributed by atoms with Crippen molar-refractivity contribution in [3.63, 3.8) is 0 Å². The topological polar surface area (TPSA) is 50.7 Å². The summed E-state index contributed by atoms with van der Waals surface area (Å²) in [6.07, 6.45) is -0.523. The summed E-state index contributed by atoms with van der Waals surface area (Å²) in [6, 6.07) is 13.6. The number of ether oxygens (including phenoxy) is 2. The van der Waals surface area contributed by atoms with E-state index in [0.717, 1.165) is 22.6 Å². The van der Waals surface area contributed by atoms with Gasteiger partial charge in [0.05, 0.1) is 20.3 Å². The number of hydrogen-bond donors (Lipinski definition) is 2. The summed E-state index contributed by atoms with van der Waals surface area (Å²) < 4.78 is 10.5. The normalized spacial score (nSPS) is 12.0. The first-order chi connectivity index (χ1) is 10.6. The molecule has 0 radical (unpaired) electrons. The Morgan fingerprint density at radius 1 is 1.05 bits per heavy atom. The molecule has 0 aliphatic heterocycles. The molecular formula is C18H23NO3. The Morgan fingerprint density at radius 3 is 2.41 bits per heavy atom. The van der Waals surface area contributed by atoms with E-state index in [-0.39, 0.29) is 0 Å². The van der Waals surface area contributed by atoms with Gasteiger partial charge in [-0.15, -0.1) is 0 Å². The molecule has 4 heteroatoms. The maximum Gasteiger partial charge on any atom is 0.127 e. The summed E-state index contributed by atoms with van der Waals surface area (Å²) in [5, 5.41) is 13.4. The van der Waals surface area contributed by atoms with Gasteiger partial charge in [-0.3, -0.25) is 0 Å². The molecule has 0 aromatic heterocycles. The summed E-state index contributed by atoms with van der Waals surface area (Å²) in [4.78, 5) is 0. The van der Waals surface area contributed by atoms with Crippen LogP contribution in [0.15, 0.2) is 42.5 Å². The first kappa shape index (κ1) is 16.3. The van der Waals surface area contributed by atoms with Crippen LogP contribution in [0, 0.1) is 6.92 Å². The van der Waals surface area contributed by atoms with Gasteiger partial charge in [0.15, 0.2) is 0 Å². The Balaban J connectivity index is 1.91. The second-order valence-corrected chi connectivity index (χ2v) is 5.24. The van der Waals surface area contributed by atoms with E-state index in [9.17, 15) is 5.11 Å². The third kappa shape index (κ3) is 4.23. The van der Waals surface area contributed by atoms with Gasteiger partial charge in [0.25, 0.3) is 0 Å². The summed E-state index contributed by atoms with van der Waals surface area (Å²) in [6.45, 7) is 3.14. The average Bonchev–Trinajstić information content (AvgIpc) is 2.55. The lowest BCUT2D eigenvalue weighted by atomic mass is 10.1. The smallest absolute Gasteiger partial charge is 0.127 e. The van der Waals surface area contributed by atoms with Gasteiger partial charge in [0.2, 0.25) is 0 Å². The van der Waals surface area contributed by atoms with E-state index < -0.39 is 6.10 Å². The van der Waals surface area contributed by atoms with E-state index >= 15 is 0 Å². The molecule has 22 heavy (non-hydrogen) atoms. The highest BCUT2D eigenvalue weighted by molar-refractivity contribution is 5.40. The van der Waals surface area contributed by atoms with Crippen molar-refractivity contribution in [2.45, 2.75) is 19.6 Å². The number of aryl methyl sites for hydroxylation is 1. The first-order valence-electron chi connectivity index (χ1n) is 7.30. The maximum absolute atomic E-state index is 10.2. The molecule has 0 spiro atoms. The van der Waals surface area contributed by atoms with Crippen molar-refractivity contribution in [2.24, 2.45) is 0 Å². The van der Waals surface area contributed by atoms with Crippen LogP contribution in [-0.4, -0.2) is 25.9 Å². The van der Waals surface area contributed by atoms with Gasteiger partial charge >= 0.3 is 0 Å². The lowest BCUT2D eigenvalue weighted by Crippen LogP contribution is -2.21. The van der Waals surface area contributed by atoms with E-state index in [1.165, 1.54) is 5.56 Å². The fraction of sp³-hybridized carbons (Fsp3) is 0.333. The van der Waals surface area contributed by atoms with Crippen molar-refractivity contribution >= 4 is 0 Å². The van der Waals surface area contributed by atoms with Crippen LogP contribution in [0.2, 0.25) is 0 Å². The molecule has 4 nitrogen and oxygen atoms in total. The minimum absolute atomic E-state index is 0.484. The fourth-order valence-electron chi connectivity index (χ4n) is 2.25. The van der Waals surface area contributed by atoms with Crippen molar-refractivity contribution in [1.82, 2.24) is 5.32 Å². The second kappa shape index (κ2) is 7.82. The Morgan fingerprint density at radius 2 is 1.77 bits per heavy atom. The molecule has 0 heterocycles. The van der Waals surface area contributed by atoms with Crippen LogP contribution >= 0.6 is 0 Å². The van der Waals surface area contributed by atoms with Crippen LogP contribution in [0.4, 0.5) is 0 Å². The average molecular weight is 301 g/mol. The maximum atomic E-state index is 10.2. The lowest BCUT2D eigenvalue weighted by Gasteiger charge is -2.14. The molecular weight excluding hydrogens is 278 g/mol. The zero-order chi connectivity index (χ0) is 15.9. The number of rotatable bonds is 7. The molecule has 0 saturated carbocycles. The molecule has 0 saturated heterocycles. The van der Waals surface area contributed by atoms with E-state index in [1.54, 1.807) is 14.2 Å². The van der Waals surface area contributed by atoms with Crippen LogP contribution in [-0.2, 0) is 6.54 Å². The number of benzene rings is 2. The van der Waals surface area contributed by atoms with E-state index in [1.807, 2.05) is 49.4 Å². The highest BCUT2D eigenvalue weighted by atomic mass is 16.5. The van der Waals surface area contributed by atoms with Gasteiger partial charge < -0.3 is 19.9 Å². The quantitative estimate of drug-likeness (QED) is 0.825. The lowest BCUT2D eigenvalue weighted by molar-refractivity contribution is 0.174. The molecule has 0 aliphatic carbocycles. The third-order valence-corrected chi connectivity index (χ3v) is 3.61. The number of aliphatic hydroxyl groups excluding tert-OH is 1. The highest BCUT2D eigenvalue weighted by Gasteiger charge is 2.08. The van der Waals surface area contributed by atoms with Crippen LogP contribution in [0.1, 0.15) is 22.8 Å². The molecule has 0 bridgehead atoms. The number of nitrogens with one attached hydrogen (secondary N) is 1. The van der Waals surface area contributed by atoms with Gasteiger partial charge in [0.1, 0.15) is 11.5 Å². The van der Waals surface area contributed by atoms with Crippen LogP contribution in [0.25, 0.3) is 0 Å². The van der Waals surface area contributed by atoms with Gasteiger partial charge in [-0.2, -0.15) is 0 Å². The summed E-state index contributed by atoms with van der Waals surface area (Å²) in [5.74, 6) is 1.54. The minimum atomic E-state index is -0.523. The Kier molecular flexibility index (Phi) is 5.81. The van der Waals surface area contributed by atoms with E-state index in [4.69, 9.17) is 9.47 Å². The van der Waals surface area contributed by atoms with Crippen LogP contribution in [0.3, 0.4) is 0 Å². The molecule has 2 N–H and O–H groups in total. The molecule has 0 amide bonds. The van der Waals surface area contributed by atoms with Gasteiger partial charge in [-0.05, 0) is 18.6 Å². The summed E-state index contributed by atoms with van der Waals surface area (Å²) in [5.41, 5.74) is 3.13. The monoisotopic (exact) mass is 301 g/mol. The minimum Gasteiger partial charge on any atom is -0.497 e. The fourth-order valence-corrected chi connectivity index (χ4v) is 2.25. The molecule has 0 aliphatic rings. The Hall–Kier alpha value is -2.04. The van der Waals surface area contributed by atoms with Crippen molar-refractivity contribution in [2.75, 3.05) is 20.8 Å². The van der Waals surface area contributed by atoms with Crippen molar-refractivity contribution in [1.29, 1.82) is 0 Å². The molecule has 2 aromatic carbocycles. The number of methoxy groups -OCH3 is 2. The Labute approximate surface area is 131 Å². The van der Waals surface area contributed by atoms with Crippen molar-refractivity contribution in [3.05, 3.63) is 59.2 Å². The van der Waals surface area contributed by atoms with Crippen molar-refractivity contribution < 1.29 is 14.6 Å². The van der Waals surface area contributed by atoms with Gasteiger partial charge in [0, 0.05) is 24.7 Å². The SMILES string of the molecule is COc1ccc(CNCC(O)c2ccc(C)cc2)c(OC)c1. The molecule has 118 valence electrons. The van der Waals surface area contributed by atoms with Gasteiger partial charge in [-0.1, -0.05) is 35.9 Å². The number of aliphatic hydroxyl groups is 1. The van der Waals surface area contributed by atoms with E-state index in [0.29, 0.717) is 13.1 Å². The highest BCUT2D eigenvalue weighted by Crippen LogP contribution is 2.24. The summed E-state index contributed by atoms with van der Waals surface area (Å²) >= 11 is 0. The van der Waals surface area contributed by atoms with E-state index in [2.05, 4.69) is 5.32 Å². The first-order valence-corrected chi connectivity index (χ1v) is 7.30. The van der Waals surface area contributed by atoms with Crippen LogP contribution < -0.4 is 14.8 Å². The standard InChI is InChI=1S/C18H23NO3/c1-13-4-6-14(7-5-13)17(20)12-19-11-15-8-9-16(21-2)10-18(15)22-3/h4-10,17,19-20H,11-12H2,1-3H3. The second-order valence-electron chi connectivity index (χ2n) is 5.24. The Bertz CT molecular complexity index is 596. The molecule has 0 fully saturated rings. The largest absolute Gasteiger partial charge is 0.497 e. The van der Waals surface area contributed by atoms with Crippen molar-refractivity contribution in [3.8, 4) is 11.5 Å². The summed E-state index contributed by atoms with van der Waals surface area (Å²) in [7, 11) is 3.27. The van der Waals surface area contributed by atoms with Gasteiger partial charge in [-0.25, -0.2) is 0 Å².